The maximum Gasteiger partial charge on any atom is 0.282 e. The van der Waals surface area contributed by atoms with Crippen molar-refractivity contribution < 1.29 is 13.2 Å². The van der Waals surface area contributed by atoms with Crippen LogP contribution in [-0.2, 0) is 21.4 Å². The molecule has 8 heteroatoms. The van der Waals surface area contributed by atoms with Gasteiger partial charge in [-0.3, -0.25) is 4.79 Å². The lowest BCUT2D eigenvalue weighted by Gasteiger charge is -2.36. The molecule has 2 aliphatic heterocycles. The van der Waals surface area contributed by atoms with Gasteiger partial charge in [0.15, 0.2) is 0 Å². The molecule has 1 amide bonds. The molecule has 2 aliphatic rings. The molecule has 0 aliphatic carbocycles. The second-order valence-electron chi connectivity index (χ2n) is 8.31. The average Bonchev–Trinajstić information content (AvgIpc) is 2.97. The van der Waals surface area contributed by atoms with Crippen molar-refractivity contribution >= 4 is 27.0 Å². The molecule has 0 spiro atoms. The number of H-pyrrole nitrogens is 1. The van der Waals surface area contributed by atoms with E-state index >= 15 is 0 Å². The van der Waals surface area contributed by atoms with Gasteiger partial charge in [0, 0.05) is 62.8 Å². The first kappa shape index (κ1) is 21.3. The van der Waals surface area contributed by atoms with Gasteiger partial charge in [-0.25, -0.2) is 0 Å². The number of aryl methyl sites for hydroxylation is 1. The third-order valence-electron chi connectivity index (χ3n) is 6.32. The molecular weight excluding hydrogens is 400 g/mol. The monoisotopic (exact) mass is 432 g/mol. The SMILES string of the molecule is O=C(CCCc1c[nH]c2ccccc12)N1CCN(S(=O)(=O)N2CCCCCC2)CC1. The Labute approximate surface area is 179 Å². The van der Waals surface area contributed by atoms with E-state index in [1.54, 1.807) is 8.61 Å². The van der Waals surface area contributed by atoms with Crippen LogP contribution in [0.25, 0.3) is 10.9 Å². The molecule has 1 aromatic heterocycles. The van der Waals surface area contributed by atoms with Gasteiger partial charge in [-0.05, 0) is 37.3 Å². The lowest BCUT2D eigenvalue weighted by atomic mass is 10.1. The predicted molar refractivity (Wildman–Crippen MR) is 118 cm³/mol. The molecule has 0 saturated carbocycles. The largest absolute Gasteiger partial charge is 0.361 e. The standard InChI is InChI=1S/C22H32N4O3S/c27-22(11-7-8-19-18-23-21-10-4-3-9-20(19)21)24-14-16-26(17-15-24)30(28,29)25-12-5-1-2-6-13-25/h3-4,9-10,18,23H,1-2,5-8,11-17H2. The van der Waals surface area contributed by atoms with E-state index in [1.807, 2.05) is 23.2 Å². The minimum absolute atomic E-state index is 0.127. The fourth-order valence-corrected chi connectivity index (χ4v) is 6.20. The van der Waals surface area contributed by atoms with Crippen LogP contribution in [0.5, 0.6) is 0 Å². The summed E-state index contributed by atoms with van der Waals surface area (Å²) >= 11 is 0. The van der Waals surface area contributed by atoms with E-state index in [4.69, 9.17) is 0 Å². The molecule has 2 saturated heterocycles. The zero-order valence-electron chi connectivity index (χ0n) is 17.6. The predicted octanol–water partition coefficient (Wildman–Crippen LogP) is 2.76. The fraction of sp³-hybridized carbons (Fsp3) is 0.591. The number of benzene rings is 1. The molecule has 3 heterocycles. The minimum atomic E-state index is -3.40. The molecule has 164 valence electrons. The van der Waals surface area contributed by atoms with Crippen LogP contribution in [0, 0.1) is 0 Å². The zero-order chi connectivity index (χ0) is 21.0. The number of carbonyl (C=O) groups excluding carboxylic acids is 1. The highest BCUT2D eigenvalue weighted by atomic mass is 32.2. The molecule has 4 rings (SSSR count). The number of aromatic nitrogens is 1. The number of hydrogen-bond acceptors (Lipinski definition) is 3. The summed E-state index contributed by atoms with van der Waals surface area (Å²) in [5.41, 5.74) is 2.37. The number of piperazine rings is 1. The summed E-state index contributed by atoms with van der Waals surface area (Å²) in [5.74, 6) is 0.127. The van der Waals surface area contributed by atoms with Gasteiger partial charge in [-0.15, -0.1) is 0 Å². The van der Waals surface area contributed by atoms with Gasteiger partial charge >= 0.3 is 0 Å². The first-order chi connectivity index (χ1) is 14.6. The van der Waals surface area contributed by atoms with Crippen molar-refractivity contribution in [2.45, 2.75) is 44.9 Å². The highest BCUT2D eigenvalue weighted by Gasteiger charge is 2.33. The van der Waals surface area contributed by atoms with E-state index in [0.717, 1.165) is 44.0 Å². The summed E-state index contributed by atoms with van der Waals surface area (Å²) < 4.78 is 29.1. The number of aromatic amines is 1. The number of nitrogens with zero attached hydrogens (tertiary/aromatic N) is 3. The van der Waals surface area contributed by atoms with Crippen LogP contribution >= 0.6 is 0 Å². The Bertz CT molecular complexity index is 956. The first-order valence-corrected chi connectivity index (χ1v) is 12.5. The number of fused-ring (bicyclic) bond motifs is 1. The number of rotatable bonds is 6. The highest BCUT2D eigenvalue weighted by Crippen LogP contribution is 2.21. The van der Waals surface area contributed by atoms with Gasteiger partial charge in [0.05, 0.1) is 0 Å². The molecule has 0 bridgehead atoms. The van der Waals surface area contributed by atoms with E-state index in [9.17, 15) is 13.2 Å². The Morgan fingerprint density at radius 1 is 0.900 bits per heavy atom. The number of carbonyl (C=O) groups is 1. The molecule has 30 heavy (non-hydrogen) atoms. The van der Waals surface area contributed by atoms with Gasteiger partial charge in [0.25, 0.3) is 10.2 Å². The summed E-state index contributed by atoms with van der Waals surface area (Å²) in [6, 6.07) is 8.21. The van der Waals surface area contributed by atoms with E-state index in [0.29, 0.717) is 45.7 Å². The number of hydrogen-bond donors (Lipinski definition) is 1. The van der Waals surface area contributed by atoms with Crippen LogP contribution in [0.4, 0.5) is 0 Å². The third kappa shape index (κ3) is 4.71. The molecule has 1 aromatic carbocycles. The summed E-state index contributed by atoms with van der Waals surface area (Å²) in [4.78, 5) is 17.7. The third-order valence-corrected chi connectivity index (χ3v) is 8.36. The second kappa shape index (κ2) is 9.49. The van der Waals surface area contributed by atoms with Crippen molar-refractivity contribution in [3.05, 3.63) is 36.0 Å². The zero-order valence-corrected chi connectivity index (χ0v) is 18.4. The Balaban J connectivity index is 1.25. The van der Waals surface area contributed by atoms with Crippen molar-refractivity contribution in [3.63, 3.8) is 0 Å². The topological polar surface area (TPSA) is 76.7 Å². The number of para-hydroxylation sites is 1. The van der Waals surface area contributed by atoms with Gasteiger partial charge in [-0.2, -0.15) is 17.0 Å². The summed E-state index contributed by atoms with van der Waals surface area (Å²) in [7, 11) is -3.40. The molecule has 0 atom stereocenters. The second-order valence-corrected chi connectivity index (χ2v) is 10.2. The average molecular weight is 433 g/mol. The van der Waals surface area contributed by atoms with E-state index in [-0.39, 0.29) is 5.91 Å². The lowest BCUT2D eigenvalue weighted by Crippen LogP contribution is -2.54. The quantitative estimate of drug-likeness (QED) is 0.763. The molecule has 2 aromatic rings. The molecule has 1 N–H and O–H groups in total. The van der Waals surface area contributed by atoms with E-state index in [2.05, 4.69) is 17.1 Å². The summed E-state index contributed by atoms with van der Waals surface area (Å²) in [6.07, 6.45) is 8.27. The normalized spacial score (nSPS) is 19.8. The molecule has 7 nitrogen and oxygen atoms in total. The molecule has 0 unspecified atom stereocenters. The van der Waals surface area contributed by atoms with Crippen LogP contribution in [0.1, 0.15) is 44.1 Å². The number of amides is 1. The maximum absolute atomic E-state index is 12.9. The van der Waals surface area contributed by atoms with Crippen molar-refractivity contribution in [1.82, 2.24) is 18.5 Å². The van der Waals surface area contributed by atoms with Crippen LogP contribution in [0.3, 0.4) is 0 Å². The summed E-state index contributed by atoms with van der Waals surface area (Å²) in [5, 5.41) is 1.22. The number of nitrogens with one attached hydrogen (secondary N) is 1. The maximum atomic E-state index is 12.9. The van der Waals surface area contributed by atoms with Crippen LogP contribution < -0.4 is 0 Å². The van der Waals surface area contributed by atoms with Gasteiger partial charge < -0.3 is 9.88 Å². The van der Waals surface area contributed by atoms with Gasteiger partial charge in [-0.1, -0.05) is 31.0 Å². The molecular formula is C22H32N4O3S. The van der Waals surface area contributed by atoms with Crippen LogP contribution in [0.2, 0.25) is 0 Å². The molecule has 2 fully saturated rings. The van der Waals surface area contributed by atoms with Gasteiger partial charge in [0.2, 0.25) is 5.91 Å². The minimum Gasteiger partial charge on any atom is -0.361 e. The molecule has 0 radical (unpaired) electrons. The van der Waals surface area contributed by atoms with Crippen molar-refractivity contribution in [3.8, 4) is 0 Å². The Morgan fingerprint density at radius 2 is 1.57 bits per heavy atom. The first-order valence-electron chi connectivity index (χ1n) is 11.1. The van der Waals surface area contributed by atoms with Crippen LogP contribution in [-0.4, -0.2) is 72.1 Å². The van der Waals surface area contributed by atoms with Crippen molar-refractivity contribution in [1.29, 1.82) is 0 Å². The van der Waals surface area contributed by atoms with E-state index < -0.39 is 10.2 Å². The Kier molecular flexibility index (Phi) is 6.75. The van der Waals surface area contributed by atoms with Crippen molar-refractivity contribution in [2.75, 3.05) is 39.3 Å². The van der Waals surface area contributed by atoms with Crippen LogP contribution in [0.15, 0.2) is 30.5 Å². The van der Waals surface area contributed by atoms with Crippen molar-refractivity contribution in [2.24, 2.45) is 0 Å². The highest BCUT2D eigenvalue weighted by molar-refractivity contribution is 7.86. The fourth-order valence-electron chi connectivity index (χ4n) is 4.53. The Morgan fingerprint density at radius 3 is 2.30 bits per heavy atom. The smallest absolute Gasteiger partial charge is 0.282 e. The summed E-state index contributed by atoms with van der Waals surface area (Å²) in [6.45, 7) is 3.00. The Hall–Kier alpha value is -1.90. The lowest BCUT2D eigenvalue weighted by molar-refractivity contribution is -0.132. The van der Waals surface area contributed by atoms with E-state index in [1.165, 1.54) is 10.9 Å². The van der Waals surface area contributed by atoms with Gasteiger partial charge in [0.1, 0.15) is 0 Å².